The summed E-state index contributed by atoms with van der Waals surface area (Å²) in [4.78, 5) is 11.5. The lowest BCUT2D eigenvalue weighted by atomic mass is 10.2. The third-order valence-electron chi connectivity index (χ3n) is 2.42. The monoisotopic (exact) mass is 261 g/mol. The van der Waals surface area contributed by atoms with Gasteiger partial charge in [0.05, 0.1) is 17.9 Å². The highest BCUT2D eigenvalue weighted by atomic mass is 16.5. The van der Waals surface area contributed by atoms with E-state index in [4.69, 9.17) is 15.2 Å². The van der Waals surface area contributed by atoms with E-state index in [-0.39, 0.29) is 0 Å². The highest BCUT2D eigenvalue weighted by Crippen LogP contribution is 2.27. The average Bonchev–Trinajstić information content (AvgIpc) is 2.78. The lowest BCUT2D eigenvalue weighted by Crippen LogP contribution is -2.05. The number of nitrogen functional groups attached to an aromatic ring is 1. The molecular formula is C13H15N3O3. The number of carbonyl (C=O) groups is 1. The summed E-state index contributed by atoms with van der Waals surface area (Å²) in [6, 6.07) is 6.49. The Labute approximate surface area is 110 Å². The lowest BCUT2D eigenvalue weighted by molar-refractivity contribution is 0.0526. The molecule has 0 atom stereocenters. The van der Waals surface area contributed by atoms with Gasteiger partial charge in [0.25, 0.3) is 0 Å². The van der Waals surface area contributed by atoms with Crippen LogP contribution in [0.3, 0.4) is 0 Å². The van der Waals surface area contributed by atoms with E-state index >= 15 is 0 Å². The average molecular weight is 261 g/mol. The molecule has 3 N–H and O–H groups in total. The number of nitrogens with two attached hydrogens (primary N) is 1. The largest absolute Gasteiger partial charge is 0.462 e. The van der Waals surface area contributed by atoms with Crippen LogP contribution in [0.5, 0.6) is 11.6 Å². The van der Waals surface area contributed by atoms with Gasteiger partial charge in [-0.1, -0.05) is 0 Å². The topological polar surface area (TPSA) is 90.2 Å². The SMILES string of the molecule is CCOC(=O)c1ccc(Oc2cc(C)[nH]n2)c(N)c1. The van der Waals surface area contributed by atoms with E-state index in [1.807, 2.05) is 6.92 Å². The normalized spacial score (nSPS) is 10.2. The van der Waals surface area contributed by atoms with E-state index in [0.29, 0.717) is 29.5 Å². The van der Waals surface area contributed by atoms with Crippen molar-refractivity contribution in [1.82, 2.24) is 10.2 Å². The quantitative estimate of drug-likeness (QED) is 0.650. The Bertz CT molecular complexity index is 593. The molecule has 0 unspecified atom stereocenters. The van der Waals surface area contributed by atoms with Gasteiger partial charge in [-0.2, -0.15) is 0 Å². The van der Waals surface area contributed by atoms with Gasteiger partial charge in [0, 0.05) is 11.8 Å². The van der Waals surface area contributed by atoms with Crippen molar-refractivity contribution < 1.29 is 14.3 Å². The molecule has 0 aliphatic carbocycles. The highest BCUT2D eigenvalue weighted by Gasteiger charge is 2.10. The number of aryl methyl sites for hydroxylation is 1. The van der Waals surface area contributed by atoms with E-state index in [1.165, 1.54) is 6.07 Å². The number of benzene rings is 1. The molecule has 0 amide bonds. The fourth-order valence-corrected chi connectivity index (χ4v) is 1.54. The van der Waals surface area contributed by atoms with Crippen LogP contribution in [-0.4, -0.2) is 22.8 Å². The first-order valence-electron chi connectivity index (χ1n) is 5.86. The van der Waals surface area contributed by atoms with Gasteiger partial charge in [0.15, 0.2) is 5.75 Å². The van der Waals surface area contributed by atoms with Crippen molar-refractivity contribution in [3.63, 3.8) is 0 Å². The number of carbonyl (C=O) groups excluding carboxylic acids is 1. The number of esters is 1. The molecule has 0 spiro atoms. The van der Waals surface area contributed by atoms with Crippen LogP contribution in [0, 0.1) is 6.92 Å². The van der Waals surface area contributed by atoms with Crippen LogP contribution in [0.15, 0.2) is 24.3 Å². The van der Waals surface area contributed by atoms with E-state index < -0.39 is 5.97 Å². The number of aromatic nitrogens is 2. The Morgan fingerprint density at radius 2 is 2.21 bits per heavy atom. The first-order chi connectivity index (χ1) is 9.10. The third kappa shape index (κ3) is 3.04. The first-order valence-corrected chi connectivity index (χ1v) is 5.86. The zero-order valence-corrected chi connectivity index (χ0v) is 10.8. The molecular weight excluding hydrogens is 246 g/mol. The summed E-state index contributed by atoms with van der Waals surface area (Å²) in [5.41, 5.74) is 7.47. The number of nitrogens with zero attached hydrogens (tertiary/aromatic N) is 1. The second kappa shape index (κ2) is 5.43. The van der Waals surface area contributed by atoms with E-state index in [9.17, 15) is 4.79 Å². The number of hydrogen-bond acceptors (Lipinski definition) is 5. The van der Waals surface area contributed by atoms with E-state index in [0.717, 1.165) is 5.69 Å². The van der Waals surface area contributed by atoms with Gasteiger partial charge in [-0.05, 0) is 32.0 Å². The van der Waals surface area contributed by atoms with Crippen LogP contribution in [0.4, 0.5) is 5.69 Å². The lowest BCUT2D eigenvalue weighted by Gasteiger charge is -2.07. The van der Waals surface area contributed by atoms with Crippen molar-refractivity contribution in [2.45, 2.75) is 13.8 Å². The van der Waals surface area contributed by atoms with Crippen LogP contribution in [0.25, 0.3) is 0 Å². The molecule has 2 rings (SSSR count). The Morgan fingerprint density at radius 3 is 2.79 bits per heavy atom. The van der Waals surface area contributed by atoms with Gasteiger partial charge >= 0.3 is 5.97 Å². The molecule has 0 saturated carbocycles. The van der Waals surface area contributed by atoms with Crippen LogP contribution >= 0.6 is 0 Å². The molecule has 6 heteroatoms. The fourth-order valence-electron chi connectivity index (χ4n) is 1.54. The van der Waals surface area contributed by atoms with Crippen molar-refractivity contribution in [2.75, 3.05) is 12.3 Å². The van der Waals surface area contributed by atoms with Crippen molar-refractivity contribution in [2.24, 2.45) is 0 Å². The molecule has 100 valence electrons. The summed E-state index contributed by atoms with van der Waals surface area (Å²) in [6.07, 6.45) is 0. The fraction of sp³-hybridized carbons (Fsp3) is 0.231. The van der Waals surface area contributed by atoms with Crippen LogP contribution < -0.4 is 10.5 Å². The minimum Gasteiger partial charge on any atom is -0.462 e. The molecule has 0 radical (unpaired) electrons. The van der Waals surface area contributed by atoms with Gasteiger partial charge in [-0.15, -0.1) is 5.10 Å². The summed E-state index contributed by atoms with van der Waals surface area (Å²) in [6.45, 7) is 3.94. The van der Waals surface area contributed by atoms with Crippen molar-refractivity contribution in [3.05, 3.63) is 35.5 Å². The van der Waals surface area contributed by atoms with Gasteiger partial charge in [0.2, 0.25) is 5.88 Å². The summed E-state index contributed by atoms with van der Waals surface area (Å²) in [7, 11) is 0. The number of aromatic amines is 1. The van der Waals surface area contributed by atoms with Crippen LogP contribution in [0.2, 0.25) is 0 Å². The number of anilines is 1. The molecule has 6 nitrogen and oxygen atoms in total. The summed E-state index contributed by atoms with van der Waals surface area (Å²) >= 11 is 0. The maximum atomic E-state index is 11.5. The third-order valence-corrected chi connectivity index (χ3v) is 2.42. The maximum Gasteiger partial charge on any atom is 0.338 e. The molecule has 19 heavy (non-hydrogen) atoms. The number of hydrogen-bond donors (Lipinski definition) is 2. The van der Waals surface area contributed by atoms with E-state index in [2.05, 4.69) is 10.2 Å². The Hall–Kier alpha value is -2.50. The van der Waals surface area contributed by atoms with Crippen molar-refractivity contribution >= 4 is 11.7 Å². The molecule has 1 aromatic heterocycles. The second-order valence-electron chi connectivity index (χ2n) is 3.96. The number of H-pyrrole nitrogens is 1. The molecule has 0 fully saturated rings. The molecule has 0 saturated heterocycles. The summed E-state index contributed by atoms with van der Waals surface area (Å²) in [5, 5.41) is 6.71. The van der Waals surface area contributed by atoms with Gasteiger partial charge < -0.3 is 15.2 Å². The zero-order chi connectivity index (χ0) is 13.8. The van der Waals surface area contributed by atoms with Gasteiger partial charge in [0.1, 0.15) is 0 Å². The molecule has 0 bridgehead atoms. The predicted octanol–water partition coefficient (Wildman–Crippen LogP) is 2.27. The van der Waals surface area contributed by atoms with Gasteiger partial charge in [-0.3, -0.25) is 5.10 Å². The molecule has 1 aromatic carbocycles. The molecule has 1 heterocycles. The molecule has 2 aromatic rings. The van der Waals surface area contributed by atoms with Gasteiger partial charge in [-0.25, -0.2) is 4.79 Å². The highest BCUT2D eigenvalue weighted by molar-refractivity contribution is 5.91. The van der Waals surface area contributed by atoms with Crippen molar-refractivity contribution in [3.8, 4) is 11.6 Å². The smallest absolute Gasteiger partial charge is 0.338 e. The number of rotatable bonds is 4. The predicted molar refractivity (Wildman–Crippen MR) is 70.2 cm³/mol. The standard InChI is InChI=1S/C13H15N3O3/c1-3-18-13(17)9-4-5-11(10(14)7-9)19-12-6-8(2)15-16-12/h4-7H,3,14H2,1-2H3,(H,15,16). The minimum atomic E-state index is -0.406. The van der Waals surface area contributed by atoms with Crippen LogP contribution in [0.1, 0.15) is 23.0 Å². The second-order valence-corrected chi connectivity index (χ2v) is 3.96. The Balaban J connectivity index is 2.17. The maximum absolute atomic E-state index is 11.5. The Morgan fingerprint density at radius 1 is 1.42 bits per heavy atom. The Kier molecular flexibility index (Phi) is 3.70. The summed E-state index contributed by atoms with van der Waals surface area (Å²) < 4.78 is 10.4. The first kappa shape index (κ1) is 12.9. The van der Waals surface area contributed by atoms with Crippen LogP contribution in [-0.2, 0) is 4.74 Å². The number of nitrogens with one attached hydrogen (secondary N) is 1. The zero-order valence-electron chi connectivity index (χ0n) is 10.8. The van der Waals surface area contributed by atoms with Crippen molar-refractivity contribution in [1.29, 1.82) is 0 Å². The molecule has 0 aliphatic rings. The van der Waals surface area contributed by atoms with E-state index in [1.54, 1.807) is 25.1 Å². The number of ether oxygens (including phenoxy) is 2. The molecule has 0 aliphatic heterocycles. The minimum absolute atomic E-state index is 0.323. The summed E-state index contributed by atoms with van der Waals surface area (Å²) in [5.74, 6) is 0.462.